The van der Waals surface area contributed by atoms with Crippen LogP contribution in [0.25, 0.3) is 0 Å². The van der Waals surface area contributed by atoms with Gasteiger partial charge in [-0.05, 0) is 69.8 Å². The van der Waals surface area contributed by atoms with Crippen molar-refractivity contribution in [3.05, 3.63) is 17.5 Å². The minimum Gasteiger partial charge on any atom is -0.264 e. The predicted octanol–water partition coefficient (Wildman–Crippen LogP) is 3.40. The van der Waals surface area contributed by atoms with E-state index in [0.29, 0.717) is 0 Å². The lowest BCUT2D eigenvalue weighted by molar-refractivity contribution is 0.339. The van der Waals surface area contributed by atoms with Gasteiger partial charge in [-0.25, -0.2) is 0 Å². The first-order valence-electron chi connectivity index (χ1n) is 7.05. The molecule has 0 bridgehead atoms. The van der Waals surface area contributed by atoms with Gasteiger partial charge in [-0.3, -0.25) is 4.68 Å². The monoisotopic (exact) mass is 232 g/mol. The highest BCUT2D eigenvalue weighted by Gasteiger charge is 2.46. The lowest BCUT2D eigenvalue weighted by Crippen LogP contribution is -2.26. The van der Waals surface area contributed by atoms with Crippen LogP contribution in [0.4, 0.5) is 0 Å². The third kappa shape index (κ3) is 1.82. The highest BCUT2D eigenvalue weighted by Crippen LogP contribution is 2.52. The molecule has 0 aromatic carbocycles. The van der Waals surface area contributed by atoms with E-state index in [0.717, 1.165) is 17.8 Å². The van der Waals surface area contributed by atoms with Crippen molar-refractivity contribution >= 4 is 0 Å². The lowest BCUT2D eigenvalue weighted by Gasteiger charge is -2.23. The average Bonchev–Trinajstić information content (AvgIpc) is 2.65. The van der Waals surface area contributed by atoms with Crippen LogP contribution in [-0.2, 0) is 18.4 Å². The van der Waals surface area contributed by atoms with Gasteiger partial charge in [0.2, 0.25) is 0 Å². The van der Waals surface area contributed by atoms with Gasteiger partial charge in [0, 0.05) is 5.69 Å². The molecule has 1 fully saturated rings. The van der Waals surface area contributed by atoms with Gasteiger partial charge in [0.1, 0.15) is 0 Å². The maximum atomic E-state index is 4.63. The van der Waals surface area contributed by atoms with Crippen LogP contribution >= 0.6 is 0 Å². The fourth-order valence-corrected chi connectivity index (χ4v) is 3.68. The van der Waals surface area contributed by atoms with Gasteiger partial charge in [-0.2, -0.15) is 5.10 Å². The van der Waals surface area contributed by atoms with E-state index in [9.17, 15) is 0 Å². The molecule has 2 aliphatic rings. The summed E-state index contributed by atoms with van der Waals surface area (Å²) in [6, 6.07) is 0. The summed E-state index contributed by atoms with van der Waals surface area (Å²) in [5.41, 5.74) is 3.15. The second kappa shape index (κ2) is 3.60. The third-order valence-electron chi connectivity index (χ3n) is 4.81. The van der Waals surface area contributed by atoms with Gasteiger partial charge in [0.25, 0.3) is 0 Å². The summed E-state index contributed by atoms with van der Waals surface area (Å²) >= 11 is 0. The predicted molar refractivity (Wildman–Crippen MR) is 70.0 cm³/mol. The molecule has 2 aliphatic carbocycles. The average molecular weight is 232 g/mol. The summed E-state index contributed by atoms with van der Waals surface area (Å²) in [5, 5.41) is 4.63. The van der Waals surface area contributed by atoms with Crippen molar-refractivity contribution in [2.45, 2.75) is 58.9 Å². The van der Waals surface area contributed by atoms with Crippen LogP contribution in [0.1, 0.15) is 51.8 Å². The number of fused-ring (bicyclic) bond motifs is 2. The van der Waals surface area contributed by atoms with Gasteiger partial charge in [0.15, 0.2) is 0 Å². The Hall–Kier alpha value is -0.790. The molecule has 1 aromatic rings. The van der Waals surface area contributed by atoms with E-state index in [4.69, 9.17) is 0 Å². The van der Waals surface area contributed by atoms with Crippen LogP contribution in [0.5, 0.6) is 0 Å². The molecule has 1 unspecified atom stereocenters. The summed E-state index contributed by atoms with van der Waals surface area (Å²) in [7, 11) is 0. The zero-order valence-corrected chi connectivity index (χ0v) is 11.5. The largest absolute Gasteiger partial charge is 0.264 e. The van der Waals surface area contributed by atoms with E-state index in [2.05, 4.69) is 43.7 Å². The van der Waals surface area contributed by atoms with E-state index in [1.54, 1.807) is 0 Å². The van der Waals surface area contributed by atoms with Gasteiger partial charge >= 0.3 is 0 Å². The van der Waals surface area contributed by atoms with Crippen molar-refractivity contribution in [2.24, 2.45) is 17.8 Å². The quantitative estimate of drug-likeness (QED) is 0.670. The number of aryl methyl sites for hydroxylation is 1. The Kier molecular flexibility index (Phi) is 2.39. The SMILES string of the molecule is CC1[C@H]2CCc3c(cnn3C(C)(C)C)CC[C@@H]12. The first kappa shape index (κ1) is 11.3. The molecule has 17 heavy (non-hydrogen) atoms. The van der Waals surface area contributed by atoms with E-state index >= 15 is 0 Å². The summed E-state index contributed by atoms with van der Waals surface area (Å²) in [6.45, 7) is 9.19. The Balaban J connectivity index is 1.90. The van der Waals surface area contributed by atoms with Crippen molar-refractivity contribution in [3.8, 4) is 0 Å². The summed E-state index contributed by atoms with van der Waals surface area (Å²) in [6.07, 6.45) is 7.36. The fraction of sp³-hybridized carbons (Fsp3) is 0.800. The summed E-state index contributed by atoms with van der Waals surface area (Å²) < 4.78 is 2.26. The maximum Gasteiger partial charge on any atom is 0.0546 e. The van der Waals surface area contributed by atoms with Crippen LogP contribution in [-0.4, -0.2) is 9.78 Å². The molecule has 0 radical (unpaired) electrons. The van der Waals surface area contributed by atoms with Crippen LogP contribution in [0, 0.1) is 17.8 Å². The van der Waals surface area contributed by atoms with Crippen LogP contribution in [0.15, 0.2) is 6.20 Å². The van der Waals surface area contributed by atoms with Gasteiger partial charge in [0.05, 0.1) is 11.7 Å². The van der Waals surface area contributed by atoms with Crippen molar-refractivity contribution in [3.63, 3.8) is 0 Å². The Bertz CT molecular complexity index is 425. The third-order valence-corrected chi connectivity index (χ3v) is 4.81. The molecule has 0 aliphatic heterocycles. The minimum absolute atomic E-state index is 0.126. The topological polar surface area (TPSA) is 17.8 Å². The Morgan fingerprint density at radius 2 is 1.82 bits per heavy atom. The van der Waals surface area contributed by atoms with Gasteiger partial charge in [-0.15, -0.1) is 0 Å². The first-order valence-corrected chi connectivity index (χ1v) is 7.05. The second-order valence-electron chi connectivity index (χ2n) is 6.96. The minimum atomic E-state index is 0.126. The Morgan fingerprint density at radius 3 is 2.47 bits per heavy atom. The zero-order chi connectivity index (χ0) is 12.2. The lowest BCUT2D eigenvalue weighted by atomic mass is 9.98. The molecule has 1 heterocycles. The molecule has 0 saturated heterocycles. The summed E-state index contributed by atoms with van der Waals surface area (Å²) in [4.78, 5) is 0. The smallest absolute Gasteiger partial charge is 0.0546 e. The van der Waals surface area contributed by atoms with Gasteiger partial charge in [-0.1, -0.05) is 6.92 Å². The van der Waals surface area contributed by atoms with Crippen LogP contribution < -0.4 is 0 Å². The molecule has 0 N–H and O–H groups in total. The number of nitrogens with zero attached hydrogens (tertiary/aromatic N) is 2. The molecule has 2 nitrogen and oxygen atoms in total. The molecule has 1 saturated carbocycles. The standard InChI is InChI=1S/C15H24N2/c1-10-12-6-5-11-9-16-17(15(2,3)4)14(11)8-7-13(10)12/h9-10,12-13H,5-8H2,1-4H3/t10?,12-,13+/m0/s1. The Labute approximate surface area is 104 Å². The summed E-state index contributed by atoms with van der Waals surface area (Å²) in [5.74, 6) is 3.00. The Morgan fingerprint density at radius 1 is 1.18 bits per heavy atom. The molecule has 3 rings (SSSR count). The molecular weight excluding hydrogens is 208 g/mol. The molecule has 94 valence electrons. The molecule has 0 spiro atoms. The first-order chi connectivity index (χ1) is 7.98. The second-order valence-corrected chi connectivity index (χ2v) is 6.96. The van der Waals surface area contributed by atoms with Crippen molar-refractivity contribution in [2.75, 3.05) is 0 Å². The number of aromatic nitrogens is 2. The fourth-order valence-electron chi connectivity index (χ4n) is 3.68. The number of hydrogen-bond acceptors (Lipinski definition) is 1. The molecule has 3 atom stereocenters. The normalized spacial score (nSPS) is 32.4. The van der Waals surface area contributed by atoms with Crippen molar-refractivity contribution < 1.29 is 0 Å². The van der Waals surface area contributed by atoms with E-state index in [-0.39, 0.29) is 5.54 Å². The van der Waals surface area contributed by atoms with E-state index < -0.39 is 0 Å². The van der Waals surface area contributed by atoms with E-state index in [1.807, 2.05) is 0 Å². The maximum absolute atomic E-state index is 4.63. The van der Waals surface area contributed by atoms with Crippen molar-refractivity contribution in [1.82, 2.24) is 9.78 Å². The molecule has 2 heteroatoms. The molecule has 0 amide bonds. The zero-order valence-electron chi connectivity index (χ0n) is 11.5. The van der Waals surface area contributed by atoms with Crippen LogP contribution in [0.3, 0.4) is 0 Å². The number of rotatable bonds is 0. The van der Waals surface area contributed by atoms with Crippen molar-refractivity contribution in [1.29, 1.82) is 0 Å². The van der Waals surface area contributed by atoms with Gasteiger partial charge < -0.3 is 0 Å². The van der Waals surface area contributed by atoms with E-state index in [1.165, 1.54) is 36.9 Å². The highest BCUT2D eigenvalue weighted by atomic mass is 15.3. The molecule has 1 aromatic heterocycles. The number of hydrogen-bond donors (Lipinski definition) is 0. The highest BCUT2D eigenvalue weighted by molar-refractivity contribution is 5.22. The molecular formula is C15H24N2. The van der Waals surface area contributed by atoms with Crippen LogP contribution in [0.2, 0.25) is 0 Å².